The van der Waals surface area contributed by atoms with Gasteiger partial charge in [0.1, 0.15) is 11.6 Å². The van der Waals surface area contributed by atoms with Crippen LogP contribution in [0.15, 0.2) is 42.5 Å². The molecule has 0 radical (unpaired) electrons. The van der Waals surface area contributed by atoms with Crippen LogP contribution in [0.4, 0.5) is 14.5 Å². The first-order valence-corrected chi connectivity index (χ1v) is 5.64. The Morgan fingerprint density at radius 2 is 1.79 bits per heavy atom. The summed E-state index contributed by atoms with van der Waals surface area (Å²) >= 11 is 0. The fourth-order valence-corrected chi connectivity index (χ4v) is 1.59. The molecule has 0 saturated heterocycles. The van der Waals surface area contributed by atoms with Crippen LogP contribution in [0.3, 0.4) is 0 Å². The molecule has 0 unspecified atom stereocenters. The van der Waals surface area contributed by atoms with Gasteiger partial charge in [0.25, 0.3) is 5.91 Å². The maximum atomic E-state index is 13.3. The Labute approximate surface area is 109 Å². The highest BCUT2D eigenvalue weighted by Gasteiger charge is 2.08. The van der Waals surface area contributed by atoms with Gasteiger partial charge in [-0.1, -0.05) is 0 Å². The van der Waals surface area contributed by atoms with Gasteiger partial charge in [0.05, 0.1) is 0 Å². The summed E-state index contributed by atoms with van der Waals surface area (Å²) in [5.74, 6) is -1.47. The Morgan fingerprint density at radius 1 is 1.11 bits per heavy atom. The van der Waals surface area contributed by atoms with Crippen molar-refractivity contribution in [1.29, 1.82) is 0 Å². The Bertz CT molecular complexity index is 597. The zero-order chi connectivity index (χ0) is 13.8. The van der Waals surface area contributed by atoms with E-state index >= 15 is 0 Å². The summed E-state index contributed by atoms with van der Waals surface area (Å²) in [4.78, 5) is 11.8. The number of halogens is 2. The monoisotopic (exact) mass is 262 g/mol. The van der Waals surface area contributed by atoms with Crippen molar-refractivity contribution in [3.8, 4) is 0 Å². The van der Waals surface area contributed by atoms with Crippen molar-refractivity contribution < 1.29 is 13.6 Å². The summed E-state index contributed by atoms with van der Waals surface area (Å²) < 4.78 is 26.3. The van der Waals surface area contributed by atoms with Crippen molar-refractivity contribution >= 4 is 11.6 Å². The summed E-state index contributed by atoms with van der Waals surface area (Å²) in [6.07, 6.45) is 0. The minimum absolute atomic E-state index is 0.0766. The quantitative estimate of drug-likeness (QED) is 0.835. The molecule has 0 bridgehead atoms. The van der Waals surface area contributed by atoms with E-state index in [1.165, 1.54) is 0 Å². The number of benzene rings is 2. The number of carbonyl (C=O) groups excluding carboxylic acids is 1. The zero-order valence-electron chi connectivity index (χ0n) is 9.99. The normalized spacial score (nSPS) is 10.2. The molecule has 0 atom stereocenters. The van der Waals surface area contributed by atoms with Gasteiger partial charge in [0.2, 0.25) is 0 Å². The maximum Gasteiger partial charge on any atom is 0.251 e. The minimum atomic E-state index is -0.556. The highest BCUT2D eigenvalue weighted by molar-refractivity contribution is 5.94. The van der Waals surface area contributed by atoms with Crippen LogP contribution in [0.2, 0.25) is 0 Å². The van der Waals surface area contributed by atoms with Crippen LogP contribution in [-0.4, -0.2) is 5.91 Å². The summed E-state index contributed by atoms with van der Waals surface area (Å²) in [5.41, 5.74) is 6.56. The molecule has 0 saturated carbocycles. The van der Waals surface area contributed by atoms with E-state index in [1.807, 2.05) is 0 Å². The van der Waals surface area contributed by atoms with E-state index in [1.54, 1.807) is 24.3 Å². The van der Waals surface area contributed by atoms with E-state index in [0.29, 0.717) is 11.3 Å². The predicted molar refractivity (Wildman–Crippen MR) is 68.4 cm³/mol. The first-order valence-electron chi connectivity index (χ1n) is 5.64. The molecule has 0 fully saturated rings. The van der Waals surface area contributed by atoms with Gasteiger partial charge in [-0.3, -0.25) is 4.79 Å². The highest BCUT2D eigenvalue weighted by atomic mass is 19.1. The Hall–Kier alpha value is -2.43. The Balaban J connectivity index is 2.04. The molecule has 2 aromatic carbocycles. The number of rotatable bonds is 3. The maximum absolute atomic E-state index is 13.3. The topological polar surface area (TPSA) is 55.1 Å². The molecule has 98 valence electrons. The molecule has 2 aromatic rings. The van der Waals surface area contributed by atoms with E-state index in [2.05, 4.69) is 5.32 Å². The molecule has 0 heterocycles. The molecule has 0 spiro atoms. The van der Waals surface area contributed by atoms with Crippen LogP contribution in [0.25, 0.3) is 0 Å². The molecule has 2 rings (SSSR count). The van der Waals surface area contributed by atoms with Crippen molar-refractivity contribution in [2.24, 2.45) is 0 Å². The van der Waals surface area contributed by atoms with E-state index in [4.69, 9.17) is 5.73 Å². The zero-order valence-corrected chi connectivity index (χ0v) is 9.99. The third kappa shape index (κ3) is 3.28. The first kappa shape index (κ1) is 13.0. The van der Waals surface area contributed by atoms with Crippen LogP contribution in [0.1, 0.15) is 15.9 Å². The van der Waals surface area contributed by atoms with E-state index in [-0.39, 0.29) is 18.0 Å². The lowest BCUT2D eigenvalue weighted by atomic mass is 10.1. The minimum Gasteiger partial charge on any atom is -0.399 e. The van der Waals surface area contributed by atoms with Gasteiger partial charge >= 0.3 is 0 Å². The smallest absolute Gasteiger partial charge is 0.251 e. The van der Waals surface area contributed by atoms with Crippen molar-refractivity contribution in [2.45, 2.75) is 6.54 Å². The summed E-state index contributed by atoms with van der Waals surface area (Å²) in [5, 5.41) is 2.52. The highest BCUT2D eigenvalue weighted by Crippen LogP contribution is 2.10. The number of hydrogen-bond acceptors (Lipinski definition) is 2. The molecule has 1 amide bonds. The Kier molecular flexibility index (Phi) is 3.75. The van der Waals surface area contributed by atoms with E-state index in [9.17, 15) is 13.6 Å². The van der Waals surface area contributed by atoms with Crippen LogP contribution in [0.5, 0.6) is 0 Å². The fraction of sp³-hybridized carbons (Fsp3) is 0.0714. The molecular weight excluding hydrogens is 250 g/mol. The molecular formula is C14H12F2N2O. The second-order valence-corrected chi connectivity index (χ2v) is 4.04. The van der Waals surface area contributed by atoms with Gasteiger partial charge in [0.15, 0.2) is 0 Å². The van der Waals surface area contributed by atoms with Crippen LogP contribution < -0.4 is 11.1 Å². The number of amides is 1. The summed E-state index contributed by atoms with van der Waals surface area (Å²) in [7, 11) is 0. The third-order valence-corrected chi connectivity index (χ3v) is 2.62. The van der Waals surface area contributed by atoms with Crippen LogP contribution in [-0.2, 0) is 6.54 Å². The van der Waals surface area contributed by atoms with Gasteiger partial charge in [-0.15, -0.1) is 0 Å². The lowest BCUT2D eigenvalue weighted by Gasteiger charge is -2.07. The summed E-state index contributed by atoms with van der Waals surface area (Å²) in [6, 6.07) is 9.42. The van der Waals surface area contributed by atoms with Crippen molar-refractivity contribution in [3.05, 3.63) is 65.2 Å². The SMILES string of the molecule is Nc1ccc(C(=O)NCc2cc(F)ccc2F)cc1. The molecule has 3 N–H and O–H groups in total. The lowest BCUT2D eigenvalue weighted by molar-refractivity contribution is 0.0950. The lowest BCUT2D eigenvalue weighted by Crippen LogP contribution is -2.23. The Morgan fingerprint density at radius 3 is 2.47 bits per heavy atom. The van der Waals surface area contributed by atoms with Crippen molar-refractivity contribution in [1.82, 2.24) is 5.32 Å². The summed E-state index contributed by atoms with van der Waals surface area (Å²) in [6.45, 7) is -0.0766. The average molecular weight is 262 g/mol. The van der Waals surface area contributed by atoms with Gasteiger partial charge in [-0.25, -0.2) is 8.78 Å². The number of nitrogens with two attached hydrogens (primary N) is 1. The second-order valence-electron chi connectivity index (χ2n) is 4.04. The van der Waals surface area contributed by atoms with Crippen LogP contribution >= 0.6 is 0 Å². The number of nitrogens with one attached hydrogen (secondary N) is 1. The predicted octanol–water partition coefficient (Wildman–Crippen LogP) is 2.48. The average Bonchev–Trinajstić information content (AvgIpc) is 2.40. The number of anilines is 1. The number of carbonyl (C=O) groups is 1. The second kappa shape index (κ2) is 5.48. The van der Waals surface area contributed by atoms with E-state index < -0.39 is 11.6 Å². The van der Waals surface area contributed by atoms with Gasteiger partial charge in [-0.05, 0) is 42.5 Å². The molecule has 0 aliphatic rings. The molecule has 3 nitrogen and oxygen atoms in total. The van der Waals surface area contributed by atoms with Crippen molar-refractivity contribution in [3.63, 3.8) is 0 Å². The molecule has 5 heteroatoms. The molecule has 0 aliphatic carbocycles. The van der Waals surface area contributed by atoms with Crippen LogP contribution in [0, 0.1) is 11.6 Å². The standard InChI is InChI=1S/C14H12F2N2O/c15-11-3-6-13(16)10(7-11)8-18-14(19)9-1-4-12(17)5-2-9/h1-7H,8,17H2,(H,18,19). The number of hydrogen-bond donors (Lipinski definition) is 2. The van der Waals surface area contributed by atoms with Crippen molar-refractivity contribution in [2.75, 3.05) is 5.73 Å². The number of nitrogen functional groups attached to an aromatic ring is 1. The molecule has 0 aliphatic heterocycles. The van der Waals surface area contributed by atoms with Gasteiger partial charge < -0.3 is 11.1 Å². The molecule has 19 heavy (non-hydrogen) atoms. The largest absolute Gasteiger partial charge is 0.399 e. The van der Waals surface area contributed by atoms with Gasteiger partial charge in [0, 0.05) is 23.4 Å². The first-order chi connectivity index (χ1) is 9.06. The third-order valence-electron chi connectivity index (χ3n) is 2.62. The fourth-order valence-electron chi connectivity index (χ4n) is 1.59. The molecule has 0 aromatic heterocycles. The van der Waals surface area contributed by atoms with Gasteiger partial charge in [-0.2, -0.15) is 0 Å². The van der Waals surface area contributed by atoms with E-state index in [0.717, 1.165) is 18.2 Å².